The molecule has 15 heavy (non-hydrogen) atoms. The molecule has 0 spiro atoms. The van der Waals surface area contributed by atoms with Gasteiger partial charge in [0.15, 0.2) is 0 Å². The molecule has 3 N–H and O–H groups in total. The highest BCUT2D eigenvalue weighted by molar-refractivity contribution is 7.16. The van der Waals surface area contributed by atoms with E-state index in [-0.39, 0.29) is 0 Å². The van der Waals surface area contributed by atoms with Crippen LogP contribution in [0.2, 0.25) is 0 Å². The second kappa shape index (κ2) is 5.14. The van der Waals surface area contributed by atoms with Gasteiger partial charge in [-0.1, -0.05) is 0 Å². The summed E-state index contributed by atoms with van der Waals surface area (Å²) in [6, 6.07) is 2.81. The zero-order chi connectivity index (χ0) is 11.4. The van der Waals surface area contributed by atoms with Crippen LogP contribution in [0, 0.1) is 0 Å². The van der Waals surface area contributed by atoms with Crippen molar-refractivity contribution in [2.24, 2.45) is 5.73 Å². The number of hydrogen-bond acceptors (Lipinski definition) is 4. The summed E-state index contributed by atoms with van der Waals surface area (Å²) in [5, 5.41) is 9.84. The summed E-state index contributed by atoms with van der Waals surface area (Å²) in [6.45, 7) is 5.97. The SMILES string of the molecule is CCN(CC)c1ccc(C(N)C(=O)O)s1. The van der Waals surface area contributed by atoms with Gasteiger partial charge >= 0.3 is 5.97 Å². The van der Waals surface area contributed by atoms with Crippen molar-refractivity contribution < 1.29 is 9.90 Å². The van der Waals surface area contributed by atoms with Gasteiger partial charge in [0.05, 0.1) is 5.00 Å². The quantitative estimate of drug-likeness (QED) is 0.804. The lowest BCUT2D eigenvalue weighted by Gasteiger charge is -2.18. The third kappa shape index (κ3) is 2.70. The number of rotatable bonds is 5. The summed E-state index contributed by atoms with van der Waals surface area (Å²) in [6.07, 6.45) is 0. The maximum atomic E-state index is 10.7. The number of nitrogens with zero attached hydrogens (tertiary/aromatic N) is 1. The van der Waals surface area contributed by atoms with Crippen molar-refractivity contribution in [3.05, 3.63) is 17.0 Å². The lowest BCUT2D eigenvalue weighted by Crippen LogP contribution is -2.21. The van der Waals surface area contributed by atoms with Crippen LogP contribution in [0.5, 0.6) is 0 Å². The van der Waals surface area contributed by atoms with Crippen LogP contribution in [0.1, 0.15) is 24.8 Å². The highest BCUT2D eigenvalue weighted by Crippen LogP contribution is 2.29. The molecule has 1 atom stereocenters. The molecule has 1 heterocycles. The predicted octanol–water partition coefficient (Wildman–Crippen LogP) is 1.68. The summed E-state index contributed by atoms with van der Waals surface area (Å²) in [5.74, 6) is -0.983. The Morgan fingerprint density at radius 2 is 2.13 bits per heavy atom. The first-order chi connectivity index (χ1) is 7.10. The number of carboxylic acids is 1. The fraction of sp³-hybridized carbons (Fsp3) is 0.500. The molecule has 1 rings (SSSR count). The highest BCUT2D eigenvalue weighted by atomic mass is 32.1. The van der Waals surface area contributed by atoms with E-state index in [1.807, 2.05) is 6.07 Å². The van der Waals surface area contributed by atoms with Crippen molar-refractivity contribution in [2.75, 3.05) is 18.0 Å². The second-order valence-corrected chi connectivity index (χ2v) is 4.26. The fourth-order valence-corrected chi connectivity index (χ4v) is 2.47. The van der Waals surface area contributed by atoms with Crippen molar-refractivity contribution in [3.8, 4) is 0 Å². The molecule has 0 fully saturated rings. The lowest BCUT2D eigenvalue weighted by atomic mass is 10.2. The van der Waals surface area contributed by atoms with E-state index in [9.17, 15) is 4.79 Å². The van der Waals surface area contributed by atoms with Crippen LogP contribution in [-0.4, -0.2) is 24.2 Å². The molecule has 0 radical (unpaired) electrons. The number of carboxylic acid groups (broad SMARTS) is 1. The zero-order valence-electron chi connectivity index (χ0n) is 8.93. The lowest BCUT2D eigenvalue weighted by molar-refractivity contribution is -0.138. The Kier molecular flexibility index (Phi) is 4.11. The molecule has 0 aromatic carbocycles. The van der Waals surface area contributed by atoms with Gasteiger partial charge in [0.25, 0.3) is 0 Å². The number of carbonyl (C=O) groups is 1. The van der Waals surface area contributed by atoms with Gasteiger partial charge in [-0.3, -0.25) is 4.79 Å². The number of nitrogens with two attached hydrogens (primary N) is 1. The van der Waals surface area contributed by atoms with Crippen LogP contribution in [0.3, 0.4) is 0 Å². The van der Waals surface area contributed by atoms with Gasteiger partial charge in [-0.15, -0.1) is 11.3 Å². The van der Waals surface area contributed by atoms with E-state index in [4.69, 9.17) is 10.8 Å². The normalized spacial score (nSPS) is 12.5. The molecule has 1 aromatic heterocycles. The third-order valence-electron chi connectivity index (χ3n) is 2.26. The second-order valence-electron chi connectivity index (χ2n) is 3.16. The molecule has 84 valence electrons. The van der Waals surface area contributed by atoms with E-state index in [2.05, 4.69) is 18.7 Å². The van der Waals surface area contributed by atoms with Crippen LogP contribution in [0.15, 0.2) is 12.1 Å². The first-order valence-electron chi connectivity index (χ1n) is 4.93. The molecular formula is C10H16N2O2S. The largest absolute Gasteiger partial charge is 0.480 e. The topological polar surface area (TPSA) is 66.6 Å². The number of hydrogen-bond donors (Lipinski definition) is 2. The Labute approximate surface area is 93.3 Å². The highest BCUT2D eigenvalue weighted by Gasteiger charge is 2.17. The molecule has 0 saturated heterocycles. The smallest absolute Gasteiger partial charge is 0.325 e. The predicted molar refractivity (Wildman–Crippen MR) is 62.4 cm³/mol. The average Bonchev–Trinajstić information content (AvgIpc) is 2.67. The van der Waals surface area contributed by atoms with E-state index in [1.165, 1.54) is 11.3 Å². The first-order valence-corrected chi connectivity index (χ1v) is 5.74. The number of anilines is 1. The van der Waals surface area contributed by atoms with Crippen molar-refractivity contribution in [1.29, 1.82) is 0 Å². The minimum Gasteiger partial charge on any atom is -0.480 e. The number of thiophene rings is 1. The molecule has 0 bridgehead atoms. The third-order valence-corrected chi connectivity index (χ3v) is 3.49. The van der Waals surface area contributed by atoms with Crippen LogP contribution < -0.4 is 10.6 Å². The van der Waals surface area contributed by atoms with Gasteiger partial charge in [0.1, 0.15) is 6.04 Å². The average molecular weight is 228 g/mol. The van der Waals surface area contributed by atoms with Crippen LogP contribution in [0.4, 0.5) is 5.00 Å². The Balaban J connectivity index is 2.84. The van der Waals surface area contributed by atoms with Gasteiger partial charge in [-0.25, -0.2) is 0 Å². The zero-order valence-corrected chi connectivity index (χ0v) is 9.75. The molecule has 0 aliphatic rings. The van der Waals surface area contributed by atoms with Crippen LogP contribution >= 0.6 is 11.3 Å². The minimum absolute atomic E-state index is 0.699. The molecule has 1 unspecified atom stereocenters. The van der Waals surface area contributed by atoms with Crippen molar-refractivity contribution in [1.82, 2.24) is 0 Å². The van der Waals surface area contributed by atoms with E-state index in [0.29, 0.717) is 4.88 Å². The van der Waals surface area contributed by atoms with Gasteiger partial charge < -0.3 is 15.7 Å². The van der Waals surface area contributed by atoms with Gasteiger partial charge in [-0.2, -0.15) is 0 Å². The maximum absolute atomic E-state index is 10.7. The molecule has 0 aliphatic carbocycles. The summed E-state index contributed by atoms with van der Waals surface area (Å²) in [7, 11) is 0. The molecule has 0 saturated carbocycles. The first kappa shape index (κ1) is 12.0. The summed E-state index contributed by atoms with van der Waals surface area (Å²) in [4.78, 5) is 13.6. The van der Waals surface area contributed by atoms with Gasteiger partial charge in [0.2, 0.25) is 0 Å². The van der Waals surface area contributed by atoms with Gasteiger partial charge in [0, 0.05) is 18.0 Å². The Bertz CT molecular complexity index is 334. The standard InChI is InChI=1S/C10H16N2O2S/c1-3-12(4-2)8-6-5-7(15-8)9(11)10(13)14/h5-6,9H,3-4,11H2,1-2H3,(H,13,14). The summed E-state index contributed by atoms with van der Waals surface area (Å²) in [5.41, 5.74) is 5.53. The fourth-order valence-electron chi connectivity index (χ4n) is 1.34. The van der Waals surface area contributed by atoms with Crippen molar-refractivity contribution in [2.45, 2.75) is 19.9 Å². The Morgan fingerprint density at radius 1 is 1.53 bits per heavy atom. The van der Waals surface area contributed by atoms with E-state index < -0.39 is 12.0 Å². The van der Waals surface area contributed by atoms with E-state index in [0.717, 1.165) is 18.1 Å². The maximum Gasteiger partial charge on any atom is 0.325 e. The van der Waals surface area contributed by atoms with Gasteiger partial charge in [-0.05, 0) is 26.0 Å². The summed E-state index contributed by atoms with van der Waals surface area (Å²) < 4.78 is 0. The Hall–Kier alpha value is -1.07. The van der Waals surface area contributed by atoms with Crippen LogP contribution in [-0.2, 0) is 4.79 Å². The molecule has 5 heteroatoms. The summed E-state index contributed by atoms with van der Waals surface area (Å²) >= 11 is 1.45. The number of aliphatic carboxylic acids is 1. The molecule has 0 amide bonds. The minimum atomic E-state index is -0.983. The Morgan fingerprint density at radius 3 is 2.60 bits per heavy atom. The molecule has 1 aromatic rings. The molecular weight excluding hydrogens is 212 g/mol. The van der Waals surface area contributed by atoms with E-state index in [1.54, 1.807) is 6.07 Å². The van der Waals surface area contributed by atoms with E-state index >= 15 is 0 Å². The van der Waals surface area contributed by atoms with Crippen LogP contribution in [0.25, 0.3) is 0 Å². The molecule has 4 nitrogen and oxygen atoms in total. The molecule has 0 aliphatic heterocycles. The monoisotopic (exact) mass is 228 g/mol. The van der Waals surface area contributed by atoms with Crippen molar-refractivity contribution in [3.63, 3.8) is 0 Å². The van der Waals surface area contributed by atoms with Crippen molar-refractivity contribution >= 4 is 22.3 Å².